The Hall–Kier alpha value is -2.99. The molecule has 0 radical (unpaired) electrons. The minimum absolute atomic E-state index is 0.0776. The molecule has 3 heterocycles. The van der Waals surface area contributed by atoms with Gasteiger partial charge in [0.25, 0.3) is 0 Å². The van der Waals surface area contributed by atoms with Gasteiger partial charge in [0.15, 0.2) is 0 Å². The second-order valence-corrected chi connectivity index (χ2v) is 11.0. The van der Waals surface area contributed by atoms with Crippen molar-refractivity contribution in [1.82, 2.24) is 10.2 Å². The Morgan fingerprint density at radius 3 is 2.16 bits per heavy atom. The van der Waals surface area contributed by atoms with Crippen molar-refractivity contribution < 1.29 is 9.59 Å². The van der Waals surface area contributed by atoms with Gasteiger partial charge in [0.1, 0.15) is 0 Å². The molecule has 0 atom stereocenters. The Morgan fingerprint density at radius 2 is 1.53 bits per heavy atom. The van der Waals surface area contributed by atoms with Crippen molar-refractivity contribution >= 4 is 65.7 Å². The number of hydrogen-bond donors (Lipinski definition) is 1. The van der Waals surface area contributed by atoms with E-state index in [1.807, 2.05) is 6.07 Å². The quantitative estimate of drug-likeness (QED) is 0.246. The zero-order valence-electron chi connectivity index (χ0n) is 17.9. The van der Waals surface area contributed by atoms with Gasteiger partial charge < -0.3 is 0 Å². The molecule has 5 rings (SSSR count). The zero-order valence-corrected chi connectivity index (χ0v) is 20.4. The van der Waals surface area contributed by atoms with Crippen molar-refractivity contribution in [2.45, 2.75) is 19.3 Å². The molecule has 1 N–H and O–H groups in total. The number of amides is 2. The van der Waals surface area contributed by atoms with E-state index in [4.69, 9.17) is 12.2 Å². The fourth-order valence-electron chi connectivity index (χ4n) is 4.33. The van der Waals surface area contributed by atoms with Gasteiger partial charge in [-0.05, 0) is 0 Å². The SMILES string of the molecule is CN1C(=O)/C(=C/c2ccc(N3c4ccccc4C(C)(C)c4ccccc43)[se]2)C(=O)NC1=S. The van der Waals surface area contributed by atoms with Crippen LogP contribution in [0.5, 0.6) is 0 Å². The molecule has 2 amide bonds. The molecule has 7 heteroatoms. The first-order chi connectivity index (χ1) is 15.3. The number of likely N-dealkylation sites (N-methyl/N-ethyl adjacent to an activating group) is 1. The van der Waals surface area contributed by atoms with E-state index in [-0.39, 0.29) is 36.5 Å². The van der Waals surface area contributed by atoms with Crippen LogP contribution < -0.4 is 10.2 Å². The molecule has 0 spiro atoms. The fraction of sp³-hybridized carbons (Fsp3) is 0.160. The van der Waals surface area contributed by atoms with Crippen LogP contribution >= 0.6 is 12.2 Å². The topological polar surface area (TPSA) is 52.7 Å². The second kappa shape index (κ2) is 7.55. The Balaban J connectivity index is 1.60. The maximum absolute atomic E-state index is 12.6. The zero-order chi connectivity index (χ0) is 22.6. The number of benzene rings is 2. The van der Waals surface area contributed by atoms with Gasteiger partial charge in [0, 0.05) is 0 Å². The number of hydrogen-bond acceptors (Lipinski definition) is 4. The molecule has 0 saturated carbocycles. The van der Waals surface area contributed by atoms with Crippen LogP contribution in [0.25, 0.3) is 6.08 Å². The van der Waals surface area contributed by atoms with Gasteiger partial charge in [-0.25, -0.2) is 0 Å². The monoisotopic (exact) mass is 507 g/mol. The molecule has 1 fully saturated rings. The van der Waals surface area contributed by atoms with Gasteiger partial charge in [0.2, 0.25) is 0 Å². The number of anilines is 3. The number of nitrogens with one attached hydrogen (secondary N) is 1. The number of rotatable bonds is 2. The van der Waals surface area contributed by atoms with Gasteiger partial charge in [0.05, 0.1) is 0 Å². The third kappa shape index (κ3) is 3.16. The van der Waals surface area contributed by atoms with Crippen molar-refractivity contribution in [2.24, 2.45) is 0 Å². The summed E-state index contributed by atoms with van der Waals surface area (Å²) in [6.45, 7) is 4.52. The summed E-state index contributed by atoms with van der Waals surface area (Å²) in [6, 6.07) is 21.1. The molecular weight excluding hydrogens is 485 g/mol. The third-order valence-electron chi connectivity index (χ3n) is 6.06. The molecule has 0 aliphatic carbocycles. The Bertz CT molecular complexity index is 1270. The average molecular weight is 506 g/mol. The standard InChI is InChI=1S/C25H21N3O2SSe/c1-25(2)17-8-4-6-10-19(17)28(20-11-7-5-9-18(20)25)21-13-12-15(32-21)14-16-22(29)26-24(31)27(3)23(16)30/h4-14H,1-3H3,(H,26,29,31)/b16-14+. The summed E-state index contributed by atoms with van der Waals surface area (Å²) < 4.78 is 2.12. The summed E-state index contributed by atoms with van der Waals surface area (Å²) >= 11 is 4.96. The Morgan fingerprint density at radius 1 is 0.938 bits per heavy atom. The van der Waals surface area contributed by atoms with Crippen molar-refractivity contribution in [3.63, 3.8) is 0 Å². The summed E-state index contributed by atoms with van der Waals surface area (Å²) in [4.78, 5) is 28.6. The molecule has 2 aliphatic rings. The van der Waals surface area contributed by atoms with E-state index in [2.05, 4.69) is 78.7 Å². The Labute approximate surface area is 198 Å². The normalized spacial score (nSPS) is 18.5. The van der Waals surface area contributed by atoms with E-state index in [0.29, 0.717) is 0 Å². The van der Waals surface area contributed by atoms with Crippen molar-refractivity contribution in [3.05, 3.63) is 81.8 Å². The van der Waals surface area contributed by atoms with Crippen LogP contribution in [-0.2, 0) is 15.0 Å². The van der Waals surface area contributed by atoms with E-state index < -0.39 is 5.91 Å². The van der Waals surface area contributed by atoms with Crippen molar-refractivity contribution in [1.29, 1.82) is 0 Å². The maximum atomic E-state index is 12.6. The molecule has 0 unspecified atom stereocenters. The summed E-state index contributed by atoms with van der Waals surface area (Å²) in [5, 5.41) is 2.71. The van der Waals surface area contributed by atoms with Gasteiger partial charge in [-0.2, -0.15) is 0 Å². The van der Waals surface area contributed by atoms with Gasteiger partial charge in [-0.1, -0.05) is 0 Å². The molecular formula is C25H21N3O2SSe. The predicted octanol–water partition coefficient (Wildman–Crippen LogP) is 4.11. The van der Waals surface area contributed by atoms with Gasteiger partial charge in [-0.3, -0.25) is 0 Å². The number of carbonyl (C=O) groups is 2. The molecule has 1 saturated heterocycles. The number of carbonyl (C=O) groups excluding carboxylic acids is 2. The summed E-state index contributed by atoms with van der Waals surface area (Å²) in [5.74, 6) is -0.821. The molecule has 2 aliphatic heterocycles. The first kappa shape index (κ1) is 20.9. The summed E-state index contributed by atoms with van der Waals surface area (Å²) in [6.07, 6.45) is 1.70. The van der Waals surface area contributed by atoms with E-state index in [9.17, 15) is 9.59 Å². The van der Waals surface area contributed by atoms with Crippen LogP contribution in [0.2, 0.25) is 0 Å². The van der Waals surface area contributed by atoms with E-state index in [0.717, 1.165) is 9.00 Å². The van der Waals surface area contributed by atoms with Crippen LogP contribution in [0.3, 0.4) is 0 Å². The molecule has 32 heavy (non-hydrogen) atoms. The second-order valence-electron chi connectivity index (χ2n) is 8.35. The van der Waals surface area contributed by atoms with Crippen LogP contribution in [-0.4, -0.2) is 43.4 Å². The van der Waals surface area contributed by atoms with Crippen LogP contribution in [0.15, 0.2) is 66.2 Å². The molecule has 5 nitrogen and oxygen atoms in total. The van der Waals surface area contributed by atoms with Crippen LogP contribution in [0, 0.1) is 0 Å². The average Bonchev–Trinajstić information content (AvgIpc) is 3.24. The molecule has 0 bridgehead atoms. The van der Waals surface area contributed by atoms with Crippen LogP contribution in [0.4, 0.5) is 15.9 Å². The minimum atomic E-state index is -0.446. The van der Waals surface area contributed by atoms with E-state index in [1.165, 1.54) is 27.4 Å². The number of nitrogens with zero attached hydrogens (tertiary/aromatic N) is 2. The van der Waals surface area contributed by atoms with E-state index >= 15 is 0 Å². The first-order valence-electron chi connectivity index (χ1n) is 10.2. The number of fused-ring (bicyclic) bond motifs is 2. The molecule has 1 aromatic heterocycles. The predicted molar refractivity (Wildman–Crippen MR) is 132 cm³/mol. The molecule has 160 valence electrons. The van der Waals surface area contributed by atoms with Crippen molar-refractivity contribution in [3.8, 4) is 0 Å². The van der Waals surface area contributed by atoms with Crippen molar-refractivity contribution in [2.75, 3.05) is 11.9 Å². The van der Waals surface area contributed by atoms with Crippen LogP contribution in [0.1, 0.15) is 29.4 Å². The summed E-state index contributed by atoms with van der Waals surface area (Å²) in [5.41, 5.74) is 4.90. The Kier molecular flexibility index (Phi) is 4.93. The van der Waals surface area contributed by atoms with E-state index in [1.54, 1.807) is 13.1 Å². The molecule has 2 aromatic carbocycles. The first-order valence-corrected chi connectivity index (χ1v) is 12.3. The number of para-hydroxylation sites is 2. The fourth-order valence-corrected chi connectivity index (χ4v) is 6.56. The summed E-state index contributed by atoms with van der Waals surface area (Å²) in [7, 11) is 1.57. The van der Waals surface area contributed by atoms with Gasteiger partial charge in [-0.15, -0.1) is 0 Å². The molecule has 3 aromatic rings. The number of thiocarbonyl (C=S) groups is 1. The van der Waals surface area contributed by atoms with Gasteiger partial charge >= 0.3 is 198 Å². The third-order valence-corrected chi connectivity index (χ3v) is 8.57.